The van der Waals surface area contributed by atoms with E-state index in [1.807, 2.05) is 41.3 Å². The Morgan fingerprint density at radius 1 is 0.903 bits per heavy atom. The number of benzene rings is 3. The minimum absolute atomic E-state index is 0.00887. The van der Waals surface area contributed by atoms with Crippen molar-refractivity contribution in [1.82, 2.24) is 35.7 Å². The second kappa shape index (κ2) is 18.9. The molecule has 4 aromatic rings. The van der Waals surface area contributed by atoms with Gasteiger partial charge in [0.1, 0.15) is 11.1 Å². The maximum Gasteiger partial charge on any atom is 0.317 e. The Hall–Kier alpha value is -6.70. The number of piperidine rings is 1. The van der Waals surface area contributed by atoms with Crippen LogP contribution in [0.4, 0.5) is 33.6 Å². The first-order valence-electron chi connectivity index (χ1n) is 20.9. The Labute approximate surface area is 364 Å². The number of carbonyl (C=O) groups is 5. The van der Waals surface area contributed by atoms with Crippen LogP contribution < -0.4 is 37.2 Å². The van der Waals surface area contributed by atoms with Crippen LogP contribution in [0.15, 0.2) is 72.9 Å². The third-order valence-corrected chi connectivity index (χ3v) is 12.0. The number of urea groups is 1. The average Bonchev–Trinajstić information content (AvgIpc) is 3.60. The fourth-order valence-corrected chi connectivity index (χ4v) is 8.50. The van der Waals surface area contributed by atoms with Crippen molar-refractivity contribution in [1.29, 1.82) is 0 Å². The van der Waals surface area contributed by atoms with Crippen LogP contribution in [0.1, 0.15) is 76.8 Å². The van der Waals surface area contributed by atoms with Crippen molar-refractivity contribution in [2.24, 2.45) is 5.73 Å². The third-order valence-electron chi connectivity index (χ3n) is 11.7. The van der Waals surface area contributed by atoms with E-state index in [0.29, 0.717) is 67.1 Å². The zero-order valence-electron chi connectivity index (χ0n) is 34.1. The Bertz CT molecular complexity index is 2420. The normalized spacial score (nSPS) is 19.9. The minimum Gasteiger partial charge on any atom is -0.368 e. The van der Waals surface area contributed by atoms with Gasteiger partial charge in [-0.2, -0.15) is 4.98 Å². The number of piperazine rings is 1. The van der Waals surface area contributed by atoms with Gasteiger partial charge in [0.25, 0.3) is 11.8 Å². The lowest BCUT2D eigenvalue weighted by molar-refractivity contribution is -0.136. The number of nitrogens with two attached hydrogens (primary N) is 1. The number of primary amides is 1. The average molecular weight is 858 g/mol. The zero-order valence-corrected chi connectivity index (χ0v) is 34.8. The second-order valence-electron chi connectivity index (χ2n) is 15.8. The number of aromatic nitrogens is 2. The highest BCUT2D eigenvalue weighted by Gasteiger charge is 2.39. The van der Waals surface area contributed by atoms with Gasteiger partial charge in [0.15, 0.2) is 5.82 Å². The molecular weight excluding hydrogens is 810 g/mol. The number of nitrogens with one attached hydrogen (secondary N) is 5. The molecule has 0 bridgehead atoms. The quantitative estimate of drug-likeness (QED) is 0.0696. The first-order chi connectivity index (χ1) is 30.1. The molecule has 3 fully saturated rings. The van der Waals surface area contributed by atoms with Crippen LogP contribution in [0.25, 0.3) is 0 Å². The van der Waals surface area contributed by atoms with E-state index < -0.39 is 17.9 Å². The number of amides is 6. The van der Waals surface area contributed by atoms with Crippen molar-refractivity contribution in [2.45, 2.75) is 69.6 Å². The number of para-hydroxylation sites is 1. The monoisotopic (exact) mass is 857 g/mol. The van der Waals surface area contributed by atoms with E-state index in [1.54, 1.807) is 35.2 Å². The molecule has 0 spiro atoms. The van der Waals surface area contributed by atoms with Gasteiger partial charge in [-0.05, 0) is 92.3 Å². The van der Waals surface area contributed by atoms with E-state index in [-0.39, 0.29) is 35.3 Å². The molecule has 1 atom stereocenters. The molecule has 16 nitrogen and oxygen atoms in total. The number of nitrogens with zero attached hydrogens (tertiary/aromatic N) is 5. The largest absolute Gasteiger partial charge is 0.368 e. The van der Waals surface area contributed by atoms with E-state index in [9.17, 15) is 24.0 Å². The summed E-state index contributed by atoms with van der Waals surface area (Å²) in [5, 5.41) is 15.8. The molecule has 1 aliphatic carbocycles. The zero-order chi connectivity index (χ0) is 43.2. The van der Waals surface area contributed by atoms with Crippen molar-refractivity contribution in [2.75, 3.05) is 48.3 Å². The molecular formula is C45H48ClN11O5. The van der Waals surface area contributed by atoms with Gasteiger partial charge in [0.2, 0.25) is 17.8 Å². The predicted octanol–water partition coefficient (Wildman–Crippen LogP) is 4.65. The lowest BCUT2D eigenvalue weighted by Gasteiger charge is -2.37. The molecule has 17 heteroatoms. The molecule has 8 rings (SSSR count). The topological polar surface area (TPSA) is 207 Å². The highest BCUT2D eigenvalue weighted by atomic mass is 35.5. The van der Waals surface area contributed by atoms with Gasteiger partial charge in [-0.25, -0.2) is 9.78 Å². The van der Waals surface area contributed by atoms with Crippen LogP contribution >= 0.6 is 11.6 Å². The highest BCUT2D eigenvalue weighted by Crippen LogP contribution is 2.30. The summed E-state index contributed by atoms with van der Waals surface area (Å²) >= 11 is 6.35. The summed E-state index contributed by atoms with van der Waals surface area (Å²) in [5.74, 6) is 5.63. The van der Waals surface area contributed by atoms with Crippen molar-refractivity contribution < 1.29 is 24.0 Å². The molecule has 6 amide bonds. The summed E-state index contributed by atoms with van der Waals surface area (Å²) in [6, 6.07) is 20.2. The Kier molecular flexibility index (Phi) is 12.8. The number of imide groups is 1. The van der Waals surface area contributed by atoms with Crippen molar-refractivity contribution >= 4 is 70.1 Å². The van der Waals surface area contributed by atoms with Gasteiger partial charge in [-0.15, -0.1) is 0 Å². The fraction of sp³-hybridized carbons (Fsp3) is 0.356. The second-order valence-corrected chi connectivity index (χ2v) is 16.3. The lowest BCUT2D eigenvalue weighted by Crippen LogP contribution is -2.54. The van der Waals surface area contributed by atoms with Crippen molar-refractivity contribution in [3.05, 3.63) is 100 Å². The Morgan fingerprint density at radius 3 is 2.42 bits per heavy atom. The number of halogens is 1. The van der Waals surface area contributed by atoms with Crippen LogP contribution in [0.5, 0.6) is 0 Å². The number of carbonyl (C=O) groups excluding carboxylic acids is 5. The summed E-state index contributed by atoms with van der Waals surface area (Å²) in [5.41, 5.74) is 10.4. The standard InChI is InChI=1S/C45H48ClN11O5/c46-36-26-49-44(54-41(36)52-37-7-2-1-6-35(37)40(47)59)50-31-13-15-33(16-14-31)55-21-23-56(24-22-55)45(62)51-32-11-9-30(10-12-32)48-20-4-3-5-28-8-17-34-29(25-28)27-57(43(34)61)38-18-19-39(58)53-42(38)60/h1-2,6-8,13-17,25-26,30,32,38,48H,4,9-12,18-24,27H2,(H2,47,59)(H,51,62)(H,53,58,60)(H2,49,50,52,54)/t30-,32+,38?. The van der Waals surface area contributed by atoms with Gasteiger partial charge in [0, 0.05) is 86.7 Å². The molecule has 2 saturated heterocycles. The van der Waals surface area contributed by atoms with E-state index >= 15 is 0 Å². The van der Waals surface area contributed by atoms with Gasteiger partial charge < -0.3 is 41.7 Å². The number of anilines is 5. The molecule has 62 heavy (non-hydrogen) atoms. The maximum atomic E-state index is 13.2. The van der Waals surface area contributed by atoms with E-state index in [1.165, 1.54) is 6.20 Å². The first kappa shape index (κ1) is 42.0. The molecule has 1 aromatic heterocycles. The molecule has 0 radical (unpaired) electrons. The minimum atomic E-state index is -0.633. The molecule has 4 heterocycles. The van der Waals surface area contributed by atoms with Crippen molar-refractivity contribution in [3.63, 3.8) is 0 Å². The van der Waals surface area contributed by atoms with Crippen LogP contribution in [0.2, 0.25) is 5.02 Å². The predicted molar refractivity (Wildman–Crippen MR) is 235 cm³/mol. The van der Waals surface area contributed by atoms with Gasteiger partial charge in [0.05, 0.1) is 17.4 Å². The van der Waals surface area contributed by atoms with Crippen LogP contribution in [0, 0.1) is 11.8 Å². The molecule has 7 N–H and O–H groups in total. The Morgan fingerprint density at radius 2 is 1.66 bits per heavy atom. The molecule has 320 valence electrons. The molecule has 3 aromatic carbocycles. The van der Waals surface area contributed by atoms with Crippen LogP contribution in [-0.4, -0.2) is 100 Å². The fourth-order valence-electron chi connectivity index (χ4n) is 8.37. The third kappa shape index (κ3) is 9.91. The van der Waals surface area contributed by atoms with E-state index in [4.69, 9.17) is 17.3 Å². The van der Waals surface area contributed by atoms with E-state index in [0.717, 1.165) is 67.8 Å². The summed E-state index contributed by atoms with van der Waals surface area (Å²) < 4.78 is 0. The SMILES string of the molecule is NC(=O)c1ccccc1Nc1nc(Nc2ccc(N3CCN(C(=O)N[C@H]4CC[C@@H](NCCC#Cc5ccc6c(c5)CN(C5CCC(=O)NC5=O)C6=O)CC4)CC3)cc2)ncc1Cl. The van der Waals surface area contributed by atoms with Crippen LogP contribution in [0.3, 0.4) is 0 Å². The summed E-state index contributed by atoms with van der Waals surface area (Å²) in [4.78, 5) is 76.4. The smallest absolute Gasteiger partial charge is 0.317 e. The number of fused-ring (bicyclic) bond motifs is 1. The number of rotatable bonds is 11. The summed E-state index contributed by atoms with van der Waals surface area (Å²) in [6.07, 6.45) is 6.51. The van der Waals surface area contributed by atoms with Gasteiger partial charge >= 0.3 is 6.03 Å². The first-order valence-corrected chi connectivity index (χ1v) is 21.3. The highest BCUT2D eigenvalue weighted by molar-refractivity contribution is 6.33. The molecule has 1 unspecified atom stereocenters. The lowest BCUT2D eigenvalue weighted by atomic mass is 9.91. The summed E-state index contributed by atoms with van der Waals surface area (Å²) in [7, 11) is 0. The maximum absolute atomic E-state index is 13.2. The molecule has 4 aliphatic rings. The van der Waals surface area contributed by atoms with Crippen LogP contribution in [-0.2, 0) is 16.1 Å². The number of hydrogen-bond donors (Lipinski definition) is 6. The molecule has 1 saturated carbocycles. The van der Waals surface area contributed by atoms with Gasteiger partial charge in [-0.3, -0.25) is 24.5 Å². The van der Waals surface area contributed by atoms with E-state index in [2.05, 4.69) is 53.3 Å². The van der Waals surface area contributed by atoms with Gasteiger partial charge in [-0.1, -0.05) is 35.6 Å². The Balaban J connectivity index is 0.725. The summed E-state index contributed by atoms with van der Waals surface area (Å²) in [6.45, 7) is 3.78. The van der Waals surface area contributed by atoms with Crippen molar-refractivity contribution in [3.8, 4) is 11.8 Å². The molecule has 3 aliphatic heterocycles. The number of hydrogen-bond acceptors (Lipinski definition) is 11.